The summed E-state index contributed by atoms with van der Waals surface area (Å²) in [5, 5.41) is 21.6. The van der Waals surface area contributed by atoms with Gasteiger partial charge in [-0.15, -0.1) is 0 Å². The van der Waals surface area contributed by atoms with Gasteiger partial charge in [0.1, 0.15) is 6.61 Å². The fourth-order valence-electron chi connectivity index (χ4n) is 5.12. The lowest BCUT2D eigenvalue weighted by Crippen LogP contribution is -2.54. The SMILES string of the molecule is COc1cc2c(cc1OCc1ccccc1)N(C(=O)O)C(O)[C@@H]1CC(c3cn(C)c(=O)n(C)c3=O)=CCN1C2=O. The predicted molar refractivity (Wildman–Crippen MR) is 145 cm³/mol. The van der Waals surface area contributed by atoms with Crippen molar-refractivity contribution in [1.82, 2.24) is 14.0 Å². The first-order chi connectivity index (χ1) is 19.1. The normalized spacial score (nSPS) is 18.4. The second-order valence-electron chi connectivity index (χ2n) is 9.62. The summed E-state index contributed by atoms with van der Waals surface area (Å²) < 4.78 is 13.6. The van der Waals surface area contributed by atoms with Gasteiger partial charge in [-0.3, -0.25) is 14.2 Å². The molecule has 0 saturated heterocycles. The Balaban J connectivity index is 1.56. The first kappa shape index (κ1) is 26.8. The molecule has 3 aromatic rings. The van der Waals surface area contributed by atoms with Crippen LogP contribution in [-0.4, -0.2) is 62.2 Å². The number of aliphatic hydroxyl groups excluding tert-OH is 1. The molecule has 1 aromatic heterocycles. The molecule has 208 valence electrons. The maximum atomic E-state index is 13.8. The van der Waals surface area contributed by atoms with Crippen molar-refractivity contribution in [3.63, 3.8) is 0 Å². The van der Waals surface area contributed by atoms with Crippen LogP contribution in [-0.2, 0) is 20.7 Å². The van der Waals surface area contributed by atoms with Crippen molar-refractivity contribution in [1.29, 1.82) is 0 Å². The highest BCUT2D eigenvalue weighted by Gasteiger charge is 2.44. The summed E-state index contributed by atoms with van der Waals surface area (Å²) in [6.07, 6.45) is -0.0865. The van der Waals surface area contributed by atoms with Crippen LogP contribution in [0.25, 0.3) is 5.57 Å². The van der Waals surface area contributed by atoms with Gasteiger partial charge in [0, 0.05) is 32.9 Å². The van der Waals surface area contributed by atoms with Crippen LogP contribution in [0.5, 0.6) is 11.5 Å². The molecule has 0 radical (unpaired) electrons. The standard InChI is InChI=1S/C28H28N4O8/c1-29-14-19(24(33)30(2)27(29)36)17-9-10-31-21(11-17)26(35)32(28(37)38)20-13-23(22(39-3)12-18(20)25(31)34)40-15-16-7-5-4-6-8-16/h4-9,12-14,21,26,35H,10-11,15H2,1-3H3,(H,37,38)/t21-,26?/m0/s1. The number of hydrogen-bond acceptors (Lipinski definition) is 7. The van der Waals surface area contributed by atoms with Crippen molar-refractivity contribution in [2.24, 2.45) is 14.1 Å². The molecule has 2 aliphatic heterocycles. The van der Waals surface area contributed by atoms with Crippen LogP contribution in [0.15, 0.2) is 64.3 Å². The Hall–Kier alpha value is -4.84. The first-order valence-electron chi connectivity index (χ1n) is 12.5. The lowest BCUT2D eigenvalue weighted by Gasteiger charge is -2.38. The largest absolute Gasteiger partial charge is 0.493 e. The number of fused-ring (bicyclic) bond motifs is 2. The number of aliphatic hydroxyl groups is 1. The van der Waals surface area contributed by atoms with Gasteiger partial charge in [0.15, 0.2) is 17.7 Å². The van der Waals surface area contributed by atoms with E-state index in [1.54, 1.807) is 6.08 Å². The number of carbonyl (C=O) groups excluding carboxylic acids is 1. The second-order valence-corrected chi connectivity index (χ2v) is 9.62. The van der Waals surface area contributed by atoms with Crippen LogP contribution in [0.3, 0.4) is 0 Å². The number of benzene rings is 2. The minimum atomic E-state index is -1.67. The number of aromatic nitrogens is 2. The molecule has 12 nitrogen and oxygen atoms in total. The highest BCUT2D eigenvalue weighted by molar-refractivity contribution is 6.06. The summed E-state index contributed by atoms with van der Waals surface area (Å²) in [6.45, 7) is 0.166. The molecule has 2 N–H and O–H groups in total. The van der Waals surface area contributed by atoms with Gasteiger partial charge in [0.05, 0.1) is 30.0 Å². The van der Waals surface area contributed by atoms with Gasteiger partial charge in [0.25, 0.3) is 11.5 Å². The van der Waals surface area contributed by atoms with Crippen LogP contribution in [0, 0.1) is 0 Å². The molecular formula is C28H28N4O8. The zero-order chi connectivity index (χ0) is 28.7. The Labute approximate surface area is 228 Å². The number of ether oxygens (including phenoxy) is 2. The molecule has 3 heterocycles. The average molecular weight is 549 g/mol. The smallest absolute Gasteiger partial charge is 0.414 e. The van der Waals surface area contributed by atoms with Crippen LogP contribution in [0.1, 0.15) is 27.9 Å². The van der Waals surface area contributed by atoms with E-state index in [1.165, 1.54) is 49.0 Å². The molecule has 0 spiro atoms. The van der Waals surface area contributed by atoms with E-state index in [4.69, 9.17) is 9.47 Å². The third-order valence-electron chi connectivity index (χ3n) is 7.24. The van der Waals surface area contributed by atoms with E-state index in [-0.39, 0.29) is 47.9 Å². The lowest BCUT2D eigenvalue weighted by atomic mass is 9.94. The number of rotatable bonds is 5. The van der Waals surface area contributed by atoms with Gasteiger partial charge in [-0.2, -0.15) is 0 Å². The van der Waals surface area contributed by atoms with Gasteiger partial charge < -0.3 is 29.2 Å². The van der Waals surface area contributed by atoms with Gasteiger partial charge in [-0.05, 0) is 23.6 Å². The molecular weight excluding hydrogens is 520 g/mol. The Morgan fingerprint density at radius 3 is 2.45 bits per heavy atom. The number of carbonyl (C=O) groups is 2. The molecule has 0 aliphatic carbocycles. The van der Waals surface area contributed by atoms with Crippen LogP contribution < -0.4 is 25.6 Å². The summed E-state index contributed by atoms with van der Waals surface area (Å²) in [5.41, 5.74) is 0.524. The quantitative estimate of drug-likeness (QED) is 0.491. The lowest BCUT2D eigenvalue weighted by molar-refractivity contribution is 0.0411. The number of nitrogens with zero attached hydrogens (tertiary/aromatic N) is 4. The highest BCUT2D eigenvalue weighted by Crippen LogP contribution is 2.41. The number of aryl methyl sites for hydroxylation is 1. The average Bonchev–Trinajstić information content (AvgIpc) is 3.04. The fourth-order valence-corrected chi connectivity index (χ4v) is 5.12. The molecule has 40 heavy (non-hydrogen) atoms. The molecule has 2 aliphatic rings. The Morgan fingerprint density at radius 2 is 1.77 bits per heavy atom. The molecule has 2 atom stereocenters. The third-order valence-corrected chi connectivity index (χ3v) is 7.24. The molecule has 0 saturated carbocycles. The van der Waals surface area contributed by atoms with Crippen molar-refractivity contribution in [3.8, 4) is 11.5 Å². The van der Waals surface area contributed by atoms with E-state index in [0.29, 0.717) is 5.57 Å². The zero-order valence-electron chi connectivity index (χ0n) is 22.1. The molecule has 5 rings (SSSR count). The van der Waals surface area contributed by atoms with Crippen LogP contribution in [0.4, 0.5) is 10.5 Å². The predicted octanol–water partition coefficient (Wildman–Crippen LogP) is 1.79. The molecule has 2 aromatic carbocycles. The Morgan fingerprint density at radius 1 is 1.05 bits per heavy atom. The van der Waals surface area contributed by atoms with Crippen molar-refractivity contribution >= 4 is 23.3 Å². The first-order valence-corrected chi connectivity index (χ1v) is 12.5. The zero-order valence-corrected chi connectivity index (χ0v) is 22.1. The highest BCUT2D eigenvalue weighted by atomic mass is 16.5. The molecule has 2 amide bonds. The topological polar surface area (TPSA) is 144 Å². The van der Waals surface area contributed by atoms with E-state index in [0.717, 1.165) is 15.0 Å². The number of methoxy groups -OCH3 is 1. The van der Waals surface area contributed by atoms with E-state index >= 15 is 0 Å². The minimum Gasteiger partial charge on any atom is -0.493 e. The van der Waals surface area contributed by atoms with Crippen molar-refractivity contribution in [3.05, 3.63) is 92.3 Å². The maximum absolute atomic E-state index is 13.8. The summed E-state index contributed by atoms with van der Waals surface area (Å²) in [5.74, 6) is -0.0913. The Kier molecular flexibility index (Phi) is 6.94. The minimum absolute atomic E-state index is 0.00333. The maximum Gasteiger partial charge on any atom is 0.414 e. The summed E-state index contributed by atoms with van der Waals surface area (Å²) >= 11 is 0. The van der Waals surface area contributed by atoms with Gasteiger partial charge in [-0.1, -0.05) is 36.4 Å². The van der Waals surface area contributed by atoms with E-state index in [2.05, 4.69) is 0 Å². The van der Waals surface area contributed by atoms with Crippen LogP contribution in [0.2, 0.25) is 0 Å². The molecule has 0 fully saturated rings. The van der Waals surface area contributed by atoms with E-state index in [1.807, 2.05) is 30.3 Å². The van der Waals surface area contributed by atoms with Crippen molar-refractivity contribution < 1.29 is 29.3 Å². The number of amides is 2. The fraction of sp³-hybridized carbons (Fsp3) is 0.286. The van der Waals surface area contributed by atoms with E-state index in [9.17, 15) is 29.4 Å². The van der Waals surface area contributed by atoms with Crippen LogP contribution >= 0.6 is 0 Å². The summed E-state index contributed by atoms with van der Waals surface area (Å²) in [7, 11) is 4.29. The van der Waals surface area contributed by atoms with Gasteiger partial charge in [-0.25, -0.2) is 14.5 Å². The van der Waals surface area contributed by atoms with E-state index < -0.39 is 35.5 Å². The molecule has 1 unspecified atom stereocenters. The second kappa shape index (κ2) is 10.4. The number of anilines is 1. The van der Waals surface area contributed by atoms with Crippen molar-refractivity contribution in [2.75, 3.05) is 18.6 Å². The number of carboxylic acid groups (broad SMARTS) is 1. The summed E-state index contributed by atoms with van der Waals surface area (Å²) in [4.78, 5) is 53.4. The monoisotopic (exact) mass is 548 g/mol. The van der Waals surface area contributed by atoms with Gasteiger partial charge in [0.2, 0.25) is 0 Å². The molecule has 0 bridgehead atoms. The third kappa shape index (κ3) is 4.51. The number of hydrogen-bond donors (Lipinski definition) is 2. The molecule has 12 heteroatoms. The van der Waals surface area contributed by atoms with Gasteiger partial charge >= 0.3 is 11.8 Å². The summed E-state index contributed by atoms with van der Waals surface area (Å²) in [6, 6.07) is 11.1. The van der Waals surface area contributed by atoms with Crippen molar-refractivity contribution in [2.45, 2.75) is 25.3 Å². The Bertz CT molecular complexity index is 1640.